The predicted molar refractivity (Wildman–Crippen MR) is 113 cm³/mol. The highest BCUT2D eigenvalue weighted by Gasteiger charge is 2.20. The van der Waals surface area contributed by atoms with Crippen molar-refractivity contribution in [1.29, 1.82) is 0 Å². The minimum absolute atomic E-state index is 0.0867. The molecular weight excluding hydrogens is 418 g/mol. The predicted octanol–water partition coefficient (Wildman–Crippen LogP) is 2.62. The van der Waals surface area contributed by atoms with Gasteiger partial charge in [0.05, 0.1) is 21.3 Å². The molecule has 3 aromatic rings. The van der Waals surface area contributed by atoms with Gasteiger partial charge in [-0.15, -0.1) is 10.2 Å². The molecule has 0 saturated heterocycles. The topological polar surface area (TPSA) is 122 Å². The molecule has 10 nitrogen and oxygen atoms in total. The standard InChI is InChI=1S/C22H23N3O7/c1-13(23-20(26)14-8-6-5-7-9-14)22(27)31-12-18-24-25-21(32-18)15-10-16(28-2)19(30-4)17(11-15)29-3/h5-11,13H,12H2,1-4H3,(H,23,26). The third-order valence-electron chi connectivity index (χ3n) is 4.45. The minimum atomic E-state index is -0.861. The van der Waals surface area contributed by atoms with Crippen LogP contribution in [0.4, 0.5) is 0 Å². The maximum atomic E-state index is 12.2. The van der Waals surface area contributed by atoms with Crippen LogP contribution in [-0.2, 0) is 16.1 Å². The molecule has 0 saturated carbocycles. The Morgan fingerprint density at radius 2 is 1.66 bits per heavy atom. The number of benzene rings is 2. The first-order valence-electron chi connectivity index (χ1n) is 9.62. The first-order valence-corrected chi connectivity index (χ1v) is 9.62. The number of nitrogens with one attached hydrogen (secondary N) is 1. The van der Waals surface area contributed by atoms with Gasteiger partial charge in [-0.3, -0.25) is 4.79 Å². The molecule has 1 N–H and O–H groups in total. The van der Waals surface area contributed by atoms with E-state index in [9.17, 15) is 9.59 Å². The number of aromatic nitrogens is 2. The van der Waals surface area contributed by atoms with Crippen LogP contribution in [0.15, 0.2) is 46.9 Å². The van der Waals surface area contributed by atoms with E-state index < -0.39 is 12.0 Å². The molecule has 10 heteroatoms. The Balaban J connectivity index is 1.63. The maximum absolute atomic E-state index is 12.2. The molecule has 0 aliphatic carbocycles. The monoisotopic (exact) mass is 441 g/mol. The number of hydrogen-bond donors (Lipinski definition) is 1. The second-order valence-electron chi connectivity index (χ2n) is 6.58. The molecule has 1 atom stereocenters. The van der Waals surface area contributed by atoms with Gasteiger partial charge in [0.25, 0.3) is 11.8 Å². The quantitative estimate of drug-likeness (QED) is 0.499. The van der Waals surface area contributed by atoms with Gasteiger partial charge in [-0.2, -0.15) is 0 Å². The molecule has 168 valence electrons. The highest BCUT2D eigenvalue weighted by atomic mass is 16.5. The zero-order valence-corrected chi connectivity index (χ0v) is 18.1. The van der Waals surface area contributed by atoms with Crippen LogP contribution in [0.1, 0.15) is 23.2 Å². The van der Waals surface area contributed by atoms with Gasteiger partial charge < -0.3 is 28.7 Å². The summed E-state index contributed by atoms with van der Waals surface area (Å²) >= 11 is 0. The van der Waals surface area contributed by atoms with Crippen molar-refractivity contribution >= 4 is 11.9 Å². The number of carbonyl (C=O) groups is 2. The Bertz CT molecular complexity index is 1060. The summed E-state index contributed by atoms with van der Waals surface area (Å²) in [6, 6.07) is 11.0. The number of esters is 1. The van der Waals surface area contributed by atoms with Crippen LogP contribution in [0.3, 0.4) is 0 Å². The second kappa shape index (κ2) is 10.3. The average Bonchev–Trinajstić information content (AvgIpc) is 3.31. The normalized spacial score (nSPS) is 11.4. The Kier molecular flexibility index (Phi) is 7.27. The Morgan fingerprint density at radius 3 is 2.25 bits per heavy atom. The Morgan fingerprint density at radius 1 is 1.00 bits per heavy atom. The first kappa shape index (κ1) is 22.6. The van der Waals surface area contributed by atoms with E-state index in [0.29, 0.717) is 28.4 Å². The lowest BCUT2D eigenvalue weighted by molar-refractivity contribution is -0.147. The number of carbonyl (C=O) groups excluding carboxylic acids is 2. The summed E-state index contributed by atoms with van der Waals surface area (Å²) in [7, 11) is 4.50. The van der Waals surface area contributed by atoms with Gasteiger partial charge in [0, 0.05) is 11.1 Å². The molecule has 1 heterocycles. The largest absolute Gasteiger partial charge is 0.493 e. The summed E-state index contributed by atoms with van der Waals surface area (Å²) in [5.74, 6) is 0.537. The molecule has 32 heavy (non-hydrogen) atoms. The molecule has 0 radical (unpaired) electrons. The molecule has 2 aromatic carbocycles. The lowest BCUT2D eigenvalue weighted by atomic mass is 10.2. The van der Waals surface area contributed by atoms with Crippen molar-refractivity contribution in [2.75, 3.05) is 21.3 Å². The summed E-state index contributed by atoms with van der Waals surface area (Å²) in [5, 5.41) is 10.4. The summed E-state index contributed by atoms with van der Waals surface area (Å²) in [4.78, 5) is 24.4. The van der Waals surface area contributed by atoms with Crippen LogP contribution in [0.2, 0.25) is 0 Å². The van der Waals surface area contributed by atoms with Crippen LogP contribution in [-0.4, -0.2) is 49.4 Å². The third-order valence-corrected chi connectivity index (χ3v) is 4.45. The van der Waals surface area contributed by atoms with Crippen LogP contribution < -0.4 is 19.5 Å². The summed E-state index contributed by atoms with van der Waals surface area (Å²) < 4.78 is 26.7. The highest BCUT2D eigenvalue weighted by molar-refractivity contribution is 5.96. The van der Waals surface area contributed by atoms with Gasteiger partial charge >= 0.3 is 5.97 Å². The zero-order chi connectivity index (χ0) is 23.1. The van der Waals surface area contributed by atoms with Crippen molar-refractivity contribution in [1.82, 2.24) is 15.5 Å². The number of methoxy groups -OCH3 is 3. The molecular formula is C22H23N3O7. The van der Waals surface area contributed by atoms with Crippen molar-refractivity contribution in [3.8, 4) is 28.7 Å². The SMILES string of the molecule is COc1cc(-c2nnc(COC(=O)C(C)NC(=O)c3ccccc3)o2)cc(OC)c1OC. The first-order chi connectivity index (χ1) is 15.5. The van der Waals surface area contributed by atoms with Gasteiger partial charge in [-0.1, -0.05) is 18.2 Å². The Labute approximate surface area is 184 Å². The lowest BCUT2D eigenvalue weighted by Crippen LogP contribution is -2.39. The van der Waals surface area contributed by atoms with Gasteiger partial charge in [-0.25, -0.2) is 4.79 Å². The van der Waals surface area contributed by atoms with Crippen LogP contribution in [0.5, 0.6) is 17.2 Å². The lowest BCUT2D eigenvalue weighted by Gasteiger charge is -2.13. The smallest absolute Gasteiger partial charge is 0.328 e. The van der Waals surface area contributed by atoms with Gasteiger partial charge in [0.1, 0.15) is 6.04 Å². The molecule has 1 aromatic heterocycles. The van der Waals surface area contributed by atoms with Crippen molar-refractivity contribution in [2.45, 2.75) is 19.6 Å². The van der Waals surface area contributed by atoms with Crippen molar-refractivity contribution in [3.05, 3.63) is 53.9 Å². The molecule has 0 fully saturated rings. The fraction of sp³-hybridized carbons (Fsp3) is 0.273. The molecule has 0 aliphatic rings. The number of nitrogens with zero attached hydrogens (tertiary/aromatic N) is 2. The van der Waals surface area contributed by atoms with E-state index in [2.05, 4.69) is 15.5 Å². The fourth-order valence-corrected chi connectivity index (χ4v) is 2.82. The van der Waals surface area contributed by atoms with E-state index in [1.54, 1.807) is 42.5 Å². The number of ether oxygens (including phenoxy) is 4. The van der Waals surface area contributed by atoms with E-state index >= 15 is 0 Å². The summed E-state index contributed by atoms with van der Waals surface area (Å²) in [5.41, 5.74) is 0.979. The molecule has 0 bridgehead atoms. The van der Waals surface area contributed by atoms with E-state index in [1.807, 2.05) is 0 Å². The molecule has 1 amide bonds. The zero-order valence-electron chi connectivity index (χ0n) is 18.1. The van der Waals surface area contributed by atoms with Crippen LogP contribution in [0, 0.1) is 0 Å². The highest BCUT2D eigenvalue weighted by Crippen LogP contribution is 2.40. The van der Waals surface area contributed by atoms with E-state index in [-0.39, 0.29) is 24.3 Å². The second-order valence-corrected chi connectivity index (χ2v) is 6.58. The maximum Gasteiger partial charge on any atom is 0.328 e. The average molecular weight is 441 g/mol. The van der Waals surface area contributed by atoms with Crippen molar-refractivity contribution in [2.24, 2.45) is 0 Å². The van der Waals surface area contributed by atoms with Gasteiger partial charge in [-0.05, 0) is 31.2 Å². The van der Waals surface area contributed by atoms with E-state index in [4.69, 9.17) is 23.4 Å². The van der Waals surface area contributed by atoms with Crippen molar-refractivity contribution < 1.29 is 33.0 Å². The third kappa shape index (κ3) is 5.15. The number of rotatable bonds is 9. The fourth-order valence-electron chi connectivity index (χ4n) is 2.82. The molecule has 0 aliphatic heterocycles. The van der Waals surface area contributed by atoms with E-state index in [0.717, 1.165) is 0 Å². The van der Waals surface area contributed by atoms with Gasteiger partial charge in [0.15, 0.2) is 18.1 Å². The van der Waals surface area contributed by atoms with Crippen LogP contribution in [0.25, 0.3) is 11.5 Å². The Hall–Kier alpha value is -4.08. The summed E-state index contributed by atoms with van der Waals surface area (Å²) in [6.45, 7) is 1.28. The number of hydrogen-bond acceptors (Lipinski definition) is 9. The van der Waals surface area contributed by atoms with E-state index in [1.165, 1.54) is 28.3 Å². The van der Waals surface area contributed by atoms with Crippen LogP contribution >= 0.6 is 0 Å². The number of amides is 1. The summed E-state index contributed by atoms with van der Waals surface area (Å²) in [6.07, 6.45) is 0. The molecule has 1 unspecified atom stereocenters. The molecule has 3 rings (SSSR count). The van der Waals surface area contributed by atoms with Gasteiger partial charge in [0.2, 0.25) is 11.6 Å². The minimum Gasteiger partial charge on any atom is -0.493 e. The van der Waals surface area contributed by atoms with Crippen molar-refractivity contribution in [3.63, 3.8) is 0 Å². The molecule has 0 spiro atoms.